The molecular weight excluding hydrogens is 136 g/mol. The highest BCUT2D eigenvalue weighted by atomic mass is 15.0. The van der Waals surface area contributed by atoms with Gasteiger partial charge in [-0.3, -0.25) is 0 Å². The summed E-state index contributed by atoms with van der Waals surface area (Å²) in [5, 5.41) is 5.59. The number of fused-ring (bicyclic) bond motifs is 1. The maximum Gasteiger partial charge on any atom is 0.111 e. The second-order valence-corrected chi connectivity index (χ2v) is 2.50. The van der Waals surface area contributed by atoms with Gasteiger partial charge in [0.05, 0.1) is 0 Å². The van der Waals surface area contributed by atoms with Gasteiger partial charge in [0, 0.05) is 24.0 Å². The van der Waals surface area contributed by atoms with Crippen molar-refractivity contribution in [2.24, 2.45) is 0 Å². The van der Waals surface area contributed by atoms with Crippen LogP contribution in [0.25, 0.3) is 10.8 Å². The van der Waals surface area contributed by atoms with E-state index in [1.54, 1.807) is 0 Å². The first kappa shape index (κ1) is 6.28. The van der Waals surface area contributed by atoms with Crippen LogP contribution in [0.5, 0.6) is 0 Å². The molecule has 0 aliphatic heterocycles. The molecule has 2 N–H and O–H groups in total. The van der Waals surface area contributed by atoms with Crippen molar-refractivity contribution in [1.82, 2.24) is 4.98 Å². The van der Waals surface area contributed by atoms with Crippen molar-refractivity contribution >= 4 is 16.6 Å². The highest BCUT2D eigenvalue weighted by Gasteiger charge is 1.97. The maximum atomic E-state index is 3.15. The minimum atomic E-state index is 1.08. The number of hydrogen-bond donors (Lipinski definition) is 2. The Morgan fingerprint density at radius 1 is 1.27 bits per heavy atom. The predicted molar refractivity (Wildman–Crippen MR) is 47.8 cm³/mol. The van der Waals surface area contributed by atoms with Crippen molar-refractivity contribution in [3.8, 4) is 0 Å². The van der Waals surface area contributed by atoms with Crippen LogP contribution in [0.3, 0.4) is 0 Å². The summed E-state index contributed by atoms with van der Waals surface area (Å²) in [6.45, 7) is 0. The third kappa shape index (κ3) is 0.871. The largest absolute Gasteiger partial charge is 0.374 e. The van der Waals surface area contributed by atoms with Gasteiger partial charge < -0.3 is 10.3 Å². The Balaban J connectivity index is 2.76. The number of aromatic amines is 1. The standard InChI is InChI=1S/C9H10N2/c1-10-9-8-5-3-2-4-7(8)6-11-9/h2-6,10-11H,1H3. The topological polar surface area (TPSA) is 27.8 Å². The molecule has 0 amide bonds. The van der Waals surface area contributed by atoms with E-state index in [9.17, 15) is 0 Å². The first-order chi connectivity index (χ1) is 5.42. The zero-order chi connectivity index (χ0) is 7.68. The van der Waals surface area contributed by atoms with Gasteiger partial charge in [0.2, 0.25) is 0 Å². The predicted octanol–water partition coefficient (Wildman–Crippen LogP) is 2.21. The summed E-state index contributed by atoms with van der Waals surface area (Å²) in [5.41, 5.74) is 0. The van der Waals surface area contributed by atoms with E-state index in [4.69, 9.17) is 0 Å². The van der Waals surface area contributed by atoms with Crippen LogP contribution >= 0.6 is 0 Å². The van der Waals surface area contributed by atoms with Crippen molar-refractivity contribution in [2.75, 3.05) is 12.4 Å². The molecule has 0 saturated heterocycles. The Labute approximate surface area is 65.2 Å². The minimum absolute atomic E-state index is 1.08. The van der Waals surface area contributed by atoms with E-state index in [1.807, 2.05) is 25.4 Å². The molecule has 0 bridgehead atoms. The molecule has 2 aromatic rings. The fourth-order valence-electron chi connectivity index (χ4n) is 1.29. The number of hydrogen-bond acceptors (Lipinski definition) is 1. The summed E-state index contributed by atoms with van der Waals surface area (Å²) in [4.78, 5) is 3.15. The Kier molecular flexibility index (Phi) is 1.32. The highest BCUT2D eigenvalue weighted by molar-refractivity contribution is 5.92. The summed E-state index contributed by atoms with van der Waals surface area (Å²) in [6.07, 6.45) is 2.00. The van der Waals surface area contributed by atoms with Crippen molar-refractivity contribution in [3.05, 3.63) is 30.5 Å². The van der Waals surface area contributed by atoms with Gasteiger partial charge in [-0.1, -0.05) is 24.3 Å². The molecule has 0 aliphatic rings. The van der Waals surface area contributed by atoms with Crippen LogP contribution in [0.1, 0.15) is 0 Å². The average molecular weight is 146 g/mol. The summed E-state index contributed by atoms with van der Waals surface area (Å²) in [6, 6.07) is 8.26. The van der Waals surface area contributed by atoms with Crippen molar-refractivity contribution in [2.45, 2.75) is 0 Å². The van der Waals surface area contributed by atoms with E-state index in [2.05, 4.69) is 22.4 Å². The van der Waals surface area contributed by atoms with Gasteiger partial charge in [0.1, 0.15) is 5.82 Å². The summed E-state index contributed by atoms with van der Waals surface area (Å²) in [7, 11) is 1.91. The van der Waals surface area contributed by atoms with Crippen LogP contribution in [0.4, 0.5) is 5.82 Å². The van der Waals surface area contributed by atoms with Crippen LogP contribution in [0.15, 0.2) is 30.5 Å². The molecule has 0 fully saturated rings. The lowest BCUT2D eigenvalue weighted by molar-refractivity contribution is 1.36. The third-order valence-corrected chi connectivity index (χ3v) is 1.85. The van der Waals surface area contributed by atoms with Gasteiger partial charge >= 0.3 is 0 Å². The van der Waals surface area contributed by atoms with Gasteiger partial charge in [-0.05, 0) is 0 Å². The van der Waals surface area contributed by atoms with E-state index in [-0.39, 0.29) is 0 Å². The smallest absolute Gasteiger partial charge is 0.111 e. The minimum Gasteiger partial charge on any atom is -0.374 e. The molecule has 0 unspecified atom stereocenters. The van der Waals surface area contributed by atoms with E-state index < -0.39 is 0 Å². The second kappa shape index (κ2) is 2.31. The van der Waals surface area contributed by atoms with E-state index in [0.717, 1.165) is 5.82 Å². The van der Waals surface area contributed by atoms with E-state index in [1.165, 1.54) is 10.8 Å². The van der Waals surface area contributed by atoms with Crippen molar-refractivity contribution in [3.63, 3.8) is 0 Å². The fourth-order valence-corrected chi connectivity index (χ4v) is 1.29. The SMILES string of the molecule is CNc1[nH]cc2ccccc12. The van der Waals surface area contributed by atoms with Crippen LogP contribution in [-0.4, -0.2) is 12.0 Å². The monoisotopic (exact) mass is 146 g/mol. The Bertz CT molecular complexity index is 362. The summed E-state index contributed by atoms with van der Waals surface area (Å²) < 4.78 is 0. The second-order valence-electron chi connectivity index (χ2n) is 2.50. The molecular formula is C9H10N2. The molecule has 2 heteroatoms. The van der Waals surface area contributed by atoms with Gasteiger partial charge in [-0.25, -0.2) is 0 Å². The molecule has 1 heterocycles. The first-order valence-electron chi connectivity index (χ1n) is 3.65. The van der Waals surface area contributed by atoms with Gasteiger partial charge in [-0.15, -0.1) is 0 Å². The zero-order valence-electron chi connectivity index (χ0n) is 6.39. The molecule has 11 heavy (non-hydrogen) atoms. The quantitative estimate of drug-likeness (QED) is 0.634. The molecule has 1 aromatic heterocycles. The van der Waals surface area contributed by atoms with Gasteiger partial charge in [0.25, 0.3) is 0 Å². The van der Waals surface area contributed by atoms with Crippen LogP contribution < -0.4 is 5.32 Å². The number of H-pyrrole nitrogens is 1. The lowest BCUT2D eigenvalue weighted by Crippen LogP contribution is -1.86. The number of anilines is 1. The molecule has 0 saturated carbocycles. The van der Waals surface area contributed by atoms with Crippen LogP contribution in [-0.2, 0) is 0 Å². The van der Waals surface area contributed by atoms with E-state index in [0.29, 0.717) is 0 Å². The van der Waals surface area contributed by atoms with Crippen molar-refractivity contribution in [1.29, 1.82) is 0 Å². The van der Waals surface area contributed by atoms with Crippen LogP contribution in [0.2, 0.25) is 0 Å². The Morgan fingerprint density at radius 2 is 2.09 bits per heavy atom. The molecule has 0 spiro atoms. The lowest BCUT2D eigenvalue weighted by atomic mass is 10.2. The summed E-state index contributed by atoms with van der Waals surface area (Å²) >= 11 is 0. The third-order valence-electron chi connectivity index (χ3n) is 1.85. The average Bonchev–Trinajstić information content (AvgIpc) is 2.47. The zero-order valence-corrected chi connectivity index (χ0v) is 6.39. The Morgan fingerprint density at radius 3 is 2.91 bits per heavy atom. The summed E-state index contributed by atoms with van der Waals surface area (Å²) in [5.74, 6) is 1.08. The van der Waals surface area contributed by atoms with Crippen LogP contribution in [0, 0.1) is 0 Å². The van der Waals surface area contributed by atoms with Gasteiger partial charge in [-0.2, -0.15) is 0 Å². The maximum absolute atomic E-state index is 3.15. The van der Waals surface area contributed by atoms with Crippen molar-refractivity contribution < 1.29 is 0 Å². The molecule has 0 atom stereocenters. The molecule has 0 radical (unpaired) electrons. The first-order valence-corrected chi connectivity index (χ1v) is 3.65. The molecule has 1 aromatic carbocycles. The highest BCUT2D eigenvalue weighted by Crippen LogP contribution is 2.20. The molecule has 56 valence electrons. The molecule has 2 rings (SSSR count). The Hall–Kier alpha value is -1.44. The molecule has 2 nitrogen and oxygen atoms in total. The number of rotatable bonds is 1. The fraction of sp³-hybridized carbons (Fsp3) is 0.111. The van der Waals surface area contributed by atoms with E-state index >= 15 is 0 Å². The number of benzene rings is 1. The number of nitrogens with one attached hydrogen (secondary N) is 2. The van der Waals surface area contributed by atoms with Gasteiger partial charge in [0.15, 0.2) is 0 Å². The molecule has 0 aliphatic carbocycles. The number of aromatic nitrogens is 1. The lowest BCUT2D eigenvalue weighted by Gasteiger charge is -1.94. The normalized spacial score (nSPS) is 10.3.